The molecule has 0 atom stereocenters. The molecule has 0 aliphatic rings. The Morgan fingerprint density at radius 3 is 2.88 bits per heavy atom. The van der Waals surface area contributed by atoms with Crippen molar-refractivity contribution in [1.29, 1.82) is 0 Å². The van der Waals surface area contributed by atoms with E-state index in [1.807, 2.05) is 0 Å². The second-order valence-corrected chi connectivity index (χ2v) is 4.85. The zero-order valence-corrected chi connectivity index (χ0v) is 11.1. The molecule has 0 amide bonds. The minimum absolute atomic E-state index is 0.0289. The van der Waals surface area contributed by atoms with Gasteiger partial charge >= 0.3 is 5.69 Å². The molecule has 7 heteroatoms. The van der Waals surface area contributed by atoms with E-state index >= 15 is 0 Å². The third kappa shape index (κ3) is 2.62. The Morgan fingerprint density at radius 1 is 1.53 bits per heavy atom. The number of halogens is 1. The third-order valence-corrected chi connectivity index (χ3v) is 3.46. The fraction of sp³-hybridized carbons (Fsp3) is 0.100. The molecule has 0 aliphatic heterocycles. The summed E-state index contributed by atoms with van der Waals surface area (Å²) in [6.07, 6.45) is 0. The van der Waals surface area contributed by atoms with Crippen LogP contribution in [0.1, 0.15) is 5.56 Å². The van der Waals surface area contributed by atoms with Gasteiger partial charge in [0.15, 0.2) is 0 Å². The Morgan fingerprint density at radius 2 is 2.29 bits per heavy atom. The molecule has 0 unspecified atom stereocenters. The number of benzene rings is 1. The lowest BCUT2D eigenvalue weighted by Gasteiger charge is -2.04. The Balaban J connectivity index is 2.39. The molecule has 0 fully saturated rings. The van der Waals surface area contributed by atoms with Gasteiger partial charge in [0.05, 0.1) is 4.92 Å². The normalized spacial score (nSPS) is 10.2. The first kappa shape index (κ1) is 12.0. The third-order valence-electron chi connectivity index (χ3n) is 2.04. The monoisotopic (exact) mass is 314 g/mol. The summed E-state index contributed by atoms with van der Waals surface area (Å²) in [7, 11) is 0. The zero-order chi connectivity index (χ0) is 12.4. The SMILES string of the molecule is Cc1cccc(Oc2nc(Br)cs2)c1[N+](=O)[O-]. The van der Waals surface area contributed by atoms with Crippen LogP contribution < -0.4 is 4.74 Å². The van der Waals surface area contributed by atoms with Crippen molar-refractivity contribution < 1.29 is 9.66 Å². The summed E-state index contributed by atoms with van der Waals surface area (Å²) >= 11 is 4.46. The van der Waals surface area contributed by atoms with Gasteiger partial charge in [-0.05, 0) is 28.9 Å². The lowest BCUT2D eigenvalue weighted by Crippen LogP contribution is -1.95. The van der Waals surface area contributed by atoms with E-state index in [1.165, 1.54) is 11.3 Å². The number of hydrogen-bond acceptors (Lipinski definition) is 5. The molecule has 1 aromatic carbocycles. The highest BCUT2D eigenvalue weighted by atomic mass is 79.9. The summed E-state index contributed by atoms with van der Waals surface area (Å²) < 4.78 is 6.05. The van der Waals surface area contributed by atoms with Crippen molar-refractivity contribution >= 4 is 33.0 Å². The van der Waals surface area contributed by atoms with Gasteiger partial charge in [-0.3, -0.25) is 10.1 Å². The van der Waals surface area contributed by atoms with Crippen molar-refractivity contribution in [3.63, 3.8) is 0 Å². The predicted octanol–water partition coefficient (Wildman–Crippen LogP) is 3.91. The van der Waals surface area contributed by atoms with Crippen molar-refractivity contribution in [1.82, 2.24) is 4.98 Å². The minimum atomic E-state index is -0.451. The number of nitrogens with zero attached hydrogens (tertiary/aromatic N) is 2. The van der Waals surface area contributed by atoms with Crippen molar-refractivity contribution in [2.45, 2.75) is 6.92 Å². The predicted molar refractivity (Wildman–Crippen MR) is 67.7 cm³/mol. The van der Waals surface area contributed by atoms with Crippen LogP contribution in [0.2, 0.25) is 0 Å². The van der Waals surface area contributed by atoms with Crippen LogP contribution in [0.25, 0.3) is 0 Å². The van der Waals surface area contributed by atoms with Gasteiger partial charge in [-0.25, -0.2) is 0 Å². The lowest BCUT2D eigenvalue weighted by molar-refractivity contribution is -0.386. The van der Waals surface area contributed by atoms with E-state index < -0.39 is 4.92 Å². The van der Waals surface area contributed by atoms with Gasteiger partial charge in [-0.2, -0.15) is 4.98 Å². The molecule has 0 spiro atoms. The average molecular weight is 315 g/mol. The van der Waals surface area contributed by atoms with E-state index in [0.717, 1.165) is 0 Å². The van der Waals surface area contributed by atoms with Gasteiger partial charge < -0.3 is 4.74 Å². The van der Waals surface area contributed by atoms with E-state index in [-0.39, 0.29) is 11.4 Å². The number of aromatic nitrogens is 1. The number of rotatable bonds is 3. The van der Waals surface area contributed by atoms with Crippen molar-refractivity contribution in [3.05, 3.63) is 43.9 Å². The first-order valence-corrected chi connectivity index (χ1v) is 6.28. The molecule has 5 nitrogen and oxygen atoms in total. The van der Waals surface area contributed by atoms with Crippen LogP contribution in [-0.4, -0.2) is 9.91 Å². The van der Waals surface area contributed by atoms with Gasteiger partial charge in [0.1, 0.15) is 4.60 Å². The van der Waals surface area contributed by atoms with Crippen LogP contribution in [0, 0.1) is 17.0 Å². The van der Waals surface area contributed by atoms with Gasteiger partial charge in [-0.15, -0.1) is 0 Å². The second kappa shape index (κ2) is 4.80. The highest BCUT2D eigenvalue weighted by molar-refractivity contribution is 9.10. The molecule has 2 aromatic rings. The lowest BCUT2D eigenvalue weighted by atomic mass is 10.2. The summed E-state index contributed by atoms with van der Waals surface area (Å²) in [6, 6.07) is 4.93. The summed E-state index contributed by atoms with van der Waals surface area (Å²) in [4.78, 5) is 14.5. The summed E-state index contributed by atoms with van der Waals surface area (Å²) in [6.45, 7) is 1.67. The van der Waals surface area contributed by atoms with Crippen molar-refractivity contribution in [2.75, 3.05) is 0 Å². The standard InChI is InChI=1S/C10H7BrN2O3S/c1-6-3-2-4-7(9(6)13(14)15)16-10-12-8(11)5-17-10/h2-5H,1H3. The highest BCUT2D eigenvalue weighted by Crippen LogP contribution is 2.35. The van der Waals surface area contributed by atoms with Crippen LogP contribution in [-0.2, 0) is 0 Å². The van der Waals surface area contributed by atoms with E-state index in [1.54, 1.807) is 30.5 Å². The van der Waals surface area contributed by atoms with Crippen LogP contribution in [0.4, 0.5) is 5.69 Å². The maximum absolute atomic E-state index is 10.9. The maximum atomic E-state index is 10.9. The fourth-order valence-electron chi connectivity index (χ4n) is 1.33. The number of hydrogen-bond donors (Lipinski definition) is 0. The van der Waals surface area contributed by atoms with E-state index in [2.05, 4.69) is 20.9 Å². The molecule has 0 radical (unpaired) electrons. The van der Waals surface area contributed by atoms with E-state index in [4.69, 9.17) is 4.74 Å². The Labute approximate surface area is 109 Å². The molecule has 88 valence electrons. The van der Waals surface area contributed by atoms with Crippen LogP contribution >= 0.6 is 27.3 Å². The molecular formula is C10H7BrN2O3S. The van der Waals surface area contributed by atoms with E-state index in [0.29, 0.717) is 15.4 Å². The zero-order valence-electron chi connectivity index (χ0n) is 8.71. The highest BCUT2D eigenvalue weighted by Gasteiger charge is 2.19. The van der Waals surface area contributed by atoms with Gasteiger partial charge in [0, 0.05) is 10.9 Å². The topological polar surface area (TPSA) is 65.3 Å². The van der Waals surface area contributed by atoms with E-state index in [9.17, 15) is 10.1 Å². The molecule has 0 aliphatic carbocycles. The van der Waals surface area contributed by atoms with Gasteiger partial charge in [0.2, 0.25) is 5.75 Å². The molecule has 1 heterocycles. The van der Waals surface area contributed by atoms with Crippen LogP contribution in [0.3, 0.4) is 0 Å². The fourth-order valence-corrected chi connectivity index (χ4v) is 2.43. The van der Waals surface area contributed by atoms with Gasteiger partial charge in [-0.1, -0.05) is 23.5 Å². The summed E-state index contributed by atoms with van der Waals surface area (Å²) in [5, 5.41) is 13.1. The maximum Gasteiger partial charge on any atom is 0.314 e. The number of para-hydroxylation sites is 1. The largest absolute Gasteiger partial charge is 0.423 e. The van der Waals surface area contributed by atoms with Crippen molar-refractivity contribution in [3.8, 4) is 10.9 Å². The molecule has 0 saturated carbocycles. The first-order valence-electron chi connectivity index (χ1n) is 4.61. The quantitative estimate of drug-likeness (QED) is 0.636. The number of nitro benzene ring substituents is 1. The molecule has 0 N–H and O–H groups in total. The summed E-state index contributed by atoms with van der Waals surface area (Å²) in [5.74, 6) is 0.205. The minimum Gasteiger partial charge on any atom is -0.423 e. The molecule has 1 aromatic heterocycles. The molecule has 2 rings (SSSR count). The number of nitro groups is 1. The molecule has 17 heavy (non-hydrogen) atoms. The molecule has 0 bridgehead atoms. The molecular weight excluding hydrogens is 308 g/mol. The summed E-state index contributed by atoms with van der Waals surface area (Å²) in [5.41, 5.74) is 0.530. The average Bonchev–Trinajstić information content (AvgIpc) is 2.63. The number of thiazole rings is 1. The number of aryl methyl sites for hydroxylation is 1. The Hall–Kier alpha value is -1.47. The van der Waals surface area contributed by atoms with Crippen LogP contribution in [0.5, 0.6) is 10.9 Å². The second-order valence-electron chi connectivity index (χ2n) is 3.22. The smallest absolute Gasteiger partial charge is 0.314 e. The Kier molecular flexibility index (Phi) is 3.39. The van der Waals surface area contributed by atoms with Crippen molar-refractivity contribution in [2.24, 2.45) is 0 Å². The Bertz CT molecular complexity index is 570. The van der Waals surface area contributed by atoms with Gasteiger partial charge in [0.25, 0.3) is 5.19 Å². The number of ether oxygens (including phenoxy) is 1. The first-order chi connectivity index (χ1) is 8.08. The molecule has 0 saturated heterocycles. The van der Waals surface area contributed by atoms with Crippen LogP contribution in [0.15, 0.2) is 28.2 Å².